The molecule has 2 rings (SSSR count). The molecule has 2 aromatic carbocycles. The van der Waals surface area contributed by atoms with E-state index in [4.69, 9.17) is 4.74 Å². The van der Waals surface area contributed by atoms with Gasteiger partial charge >= 0.3 is 5.97 Å². The lowest BCUT2D eigenvalue weighted by Gasteiger charge is -2.17. The summed E-state index contributed by atoms with van der Waals surface area (Å²) < 4.78 is 7.30. The van der Waals surface area contributed by atoms with Gasteiger partial charge in [0.15, 0.2) is 0 Å². The fraction of sp³-hybridized carbons (Fsp3) is 0.176. The van der Waals surface area contributed by atoms with Gasteiger partial charge in [-0.2, -0.15) is 0 Å². The first-order valence-corrected chi connectivity index (χ1v) is 9.36. The molecule has 0 bridgehead atoms. The van der Waals surface area contributed by atoms with Gasteiger partial charge in [0.25, 0.3) is 5.91 Å². The van der Waals surface area contributed by atoms with Crippen LogP contribution in [0.5, 0.6) is 0 Å². The number of hydrogen-bond donors (Lipinski definition) is 1. The van der Waals surface area contributed by atoms with Gasteiger partial charge in [-0.1, -0.05) is 59.9 Å². The van der Waals surface area contributed by atoms with Gasteiger partial charge in [0.1, 0.15) is 6.04 Å². The SMILES string of the molecule is COC(=O)[C@H](Cc1ccc(Br)cc1)NC(=O)c1cc(Br)cc(Br)c1. The van der Waals surface area contributed by atoms with Crippen LogP contribution in [0, 0.1) is 0 Å². The van der Waals surface area contributed by atoms with E-state index in [1.807, 2.05) is 30.3 Å². The molecule has 1 atom stereocenters. The number of amides is 1. The largest absolute Gasteiger partial charge is 0.467 e. The van der Waals surface area contributed by atoms with E-state index in [9.17, 15) is 9.59 Å². The molecule has 0 unspecified atom stereocenters. The summed E-state index contributed by atoms with van der Waals surface area (Å²) in [6.45, 7) is 0. The number of nitrogens with one attached hydrogen (secondary N) is 1. The van der Waals surface area contributed by atoms with Crippen molar-refractivity contribution >= 4 is 59.7 Å². The van der Waals surface area contributed by atoms with Crippen molar-refractivity contribution in [3.05, 3.63) is 67.0 Å². The fourth-order valence-electron chi connectivity index (χ4n) is 2.12. The first-order chi connectivity index (χ1) is 11.4. The topological polar surface area (TPSA) is 55.4 Å². The van der Waals surface area contributed by atoms with Crippen LogP contribution < -0.4 is 5.32 Å². The highest BCUT2D eigenvalue weighted by Gasteiger charge is 2.23. The molecule has 0 aliphatic heterocycles. The van der Waals surface area contributed by atoms with Gasteiger partial charge in [0.2, 0.25) is 0 Å². The quantitative estimate of drug-likeness (QED) is 0.592. The maximum Gasteiger partial charge on any atom is 0.328 e. The van der Waals surface area contributed by atoms with Gasteiger partial charge < -0.3 is 10.1 Å². The fourth-order valence-corrected chi connectivity index (χ4v) is 3.68. The maximum atomic E-state index is 12.5. The van der Waals surface area contributed by atoms with Crippen molar-refractivity contribution < 1.29 is 14.3 Å². The number of benzene rings is 2. The molecule has 0 radical (unpaired) electrons. The minimum absolute atomic E-state index is 0.343. The summed E-state index contributed by atoms with van der Waals surface area (Å²) in [7, 11) is 1.30. The standard InChI is InChI=1S/C17H14Br3NO3/c1-24-17(23)15(6-10-2-4-12(18)5-3-10)21-16(22)11-7-13(19)9-14(20)8-11/h2-5,7-9,15H,6H2,1H3,(H,21,22)/t15-/m0/s1. The Kier molecular flexibility index (Phi) is 7.01. The number of halogens is 3. The molecule has 4 nitrogen and oxygen atoms in total. The minimum atomic E-state index is -0.763. The zero-order chi connectivity index (χ0) is 17.7. The van der Waals surface area contributed by atoms with E-state index < -0.39 is 12.0 Å². The third kappa shape index (κ3) is 5.43. The van der Waals surface area contributed by atoms with Crippen LogP contribution in [0.4, 0.5) is 0 Å². The Morgan fingerprint density at radius 1 is 1.00 bits per heavy atom. The molecule has 2 aromatic rings. The third-order valence-corrected chi connectivity index (χ3v) is 4.71. The molecule has 0 saturated heterocycles. The zero-order valence-electron chi connectivity index (χ0n) is 12.7. The molecule has 24 heavy (non-hydrogen) atoms. The summed E-state index contributed by atoms with van der Waals surface area (Å²) in [4.78, 5) is 24.5. The van der Waals surface area contributed by atoms with Crippen molar-refractivity contribution in [3.8, 4) is 0 Å². The van der Waals surface area contributed by atoms with Crippen LogP contribution in [0.2, 0.25) is 0 Å². The summed E-state index contributed by atoms with van der Waals surface area (Å²) in [5, 5.41) is 2.73. The highest BCUT2D eigenvalue weighted by Crippen LogP contribution is 2.20. The maximum absolute atomic E-state index is 12.5. The number of methoxy groups -OCH3 is 1. The van der Waals surface area contributed by atoms with Crippen molar-refractivity contribution in [3.63, 3.8) is 0 Å². The number of carbonyl (C=O) groups excluding carboxylic acids is 2. The number of ether oxygens (including phenoxy) is 1. The molecule has 0 aromatic heterocycles. The molecule has 0 aliphatic rings. The smallest absolute Gasteiger partial charge is 0.328 e. The summed E-state index contributed by atoms with van der Waals surface area (Å²) in [5.74, 6) is -0.829. The van der Waals surface area contributed by atoms with Crippen LogP contribution in [0.25, 0.3) is 0 Å². The van der Waals surface area contributed by atoms with E-state index in [2.05, 4.69) is 53.1 Å². The highest BCUT2D eigenvalue weighted by atomic mass is 79.9. The van der Waals surface area contributed by atoms with Gasteiger partial charge in [-0.3, -0.25) is 4.79 Å². The van der Waals surface area contributed by atoms with E-state index in [0.29, 0.717) is 12.0 Å². The van der Waals surface area contributed by atoms with E-state index in [1.54, 1.807) is 12.1 Å². The molecule has 1 amide bonds. The van der Waals surface area contributed by atoms with Crippen molar-refractivity contribution in [2.75, 3.05) is 7.11 Å². The molecule has 7 heteroatoms. The summed E-state index contributed by atoms with van der Waals surface area (Å²) in [6.07, 6.45) is 0.348. The van der Waals surface area contributed by atoms with Crippen molar-refractivity contribution in [2.24, 2.45) is 0 Å². The summed E-state index contributed by atoms with van der Waals surface area (Å²) >= 11 is 10.1. The van der Waals surface area contributed by atoms with Crippen LogP contribution >= 0.6 is 47.8 Å². The normalized spacial score (nSPS) is 11.7. The molecule has 126 valence electrons. The number of esters is 1. The van der Waals surface area contributed by atoms with E-state index >= 15 is 0 Å². The molecule has 1 N–H and O–H groups in total. The average molecular weight is 520 g/mol. The Hall–Kier alpha value is -1.18. The molecular weight excluding hydrogens is 506 g/mol. The number of carbonyl (C=O) groups is 2. The first-order valence-electron chi connectivity index (χ1n) is 6.98. The average Bonchev–Trinajstić information content (AvgIpc) is 2.54. The van der Waals surface area contributed by atoms with Crippen LogP contribution in [0.3, 0.4) is 0 Å². The predicted molar refractivity (Wildman–Crippen MR) is 103 cm³/mol. The number of hydrogen-bond acceptors (Lipinski definition) is 3. The van der Waals surface area contributed by atoms with Crippen LogP contribution in [-0.4, -0.2) is 25.0 Å². The van der Waals surface area contributed by atoms with Crippen LogP contribution in [0.1, 0.15) is 15.9 Å². The van der Waals surface area contributed by atoms with Crippen LogP contribution in [0.15, 0.2) is 55.9 Å². The van der Waals surface area contributed by atoms with Crippen LogP contribution in [-0.2, 0) is 16.0 Å². The summed E-state index contributed by atoms with van der Waals surface area (Å²) in [5.41, 5.74) is 1.37. The van der Waals surface area contributed by atoms with E-state index in [1.165, 1.54) is 7.11 Å². The van der Waals surface area contributed by atoms with Gasteiger partial charge in [0.05, 0.1) is 7.11 Å². The van der Waals surface area contributed by atoms with E-state index in [-0.39, 0.29) is 5.91 Å². The molecule has 0 aliphatic carbocycles. The number of rotatable bonds is 5. The highest BCUT2D eigenvalue weighted by molar-refractivity contribution is 9.11. The molecule has 0 heterocycles. The molecule has 0 saturated carbocycles. The molecular formula is C17H14Br3NO3. The lowest BCUT2D eigenvalue weighted by atomic mass is 10.1. The molecule has 0 spiro atoms. The summed E-state index contributed by atoms with van der Waals surface area (Å²) in [6, 6.07) is 12.0. The monoisotopic (exact) mass is 517 g/mol. The second-order valence-corrected chi connectivity index (χ2v) is 7.78. The Morgan fingerprint density at radius 3 is 2.12 bits per heavy atom. The minimum Gasteiger partial charge on any atom is -0.467 e. The first kappa shape index (κ1) is 19.1. The van der Waals surface area contributed by atoms with Gasteiger partial charge in [-0.05, 0) is 35.9 Å². The lowest BCUT2D eigenvalue weighted by molar-refractivity contribution is -0.142. The van der Waals surface area contributed by atoms with Crippen molar-refractivity contribution in [1.82, 2.24) is 5.32 Å². The van der Waals surface area contributed by atoms with Gasteiger partial charge in [-0.25, -0.2) is 4.79 Å². The second kappa shape index (κ2) is 8.78. The van der Waals surface area contributed by atoms with Crippen molar-refractivity contribution in [2.45, 2.75) is 12.5 Å². The van der Waals surface area contributed by atoms with Crippen molar-refractivity contribution in [1.29, 1.82) is 0 Å². The van der Waals surface area contributed by atoms with Gasteiger partial charge in [0, 0.05) is 25.4 Å². The van der Waals surface area contributed by atoms with Gasteiger partial charge in [-0.15, -0.1) is 0 Å². The Bertz CT molecular complexity index is 727. The Morgan fingerprint density at radius 2 is 1.58 bits per heavy atom. The Labute approximate surface area is 165 Å². The third-order valence-electron chi connectivity index (χ3n) is 3.27. The lowest BCUT2D eigenvalue weighted by Crippen LogP contribution is -2.43. The zero-order valence-corrected chi connectivity index (χ0v) is 17.4. The Balaban J connectivity index is 2.17. The molecule has 0 fully saturated rings. The van der Waals surface area contributed by atoms with E-state index in [0.717, 1.165) is 19.0 Å². The second-order valence-electron chi connectivity index (χ2n) is 5.04. The predicted octanol–water partition coefficient (Wildman–Crippen LogP) is 4.49.